The van der Waals surface area contributed by atoms with Crippen molar-refractivity contribution in [3.63, 3.8) is 0 Å². The van der Waals surface area contributed by atoms with Crippen LogP contribution in [0.15, 0.2) is 86.1 Å². The van der Waals surface area contributed by atoms with Gasteiger partial charge in [0.25, 0.3) is 5.56 Å². The molecule has 1 aliphatic rings. The Labute approximate surface area is 239 Å². The van der Waals surface area contributed by atoms with Gasteiger partial charge in [0, 0.05) is 11.6 Å². The maximum atomic E-state index is 13.9. The van der Waals surface area contributed by atoms with Gasteiger partial charge in [0.15, 0.2) is 4.80 Å². The van der Waals surface area contributed by atoms with Crippen LogP contribution in [0.25, 0.3) is 17.4 Å². The molecule has 0 radical (unpaired) electrons. The fraction of sp³-hybridized carbons (Fsp3) is 0.226. The number of thiazole rings is 1. The molecule has 0 aliphatic carbocycles. The molecule has 5 rings (SSSR count). The fourth-order valence-electron chi connectivity index (χ4n) is 4.74. The van der Waals surface area contributed by atoms with Gasteiger partial charge in [-0.1, -0.05) is 48.9 Å². The van der Waals surface area contributed by atoms with Crippen LogP contribution in [0.1, 0.15) is 54.4 Å². The van der Waals surface area contributed by atoms with E-state index >= 15 is 0 Å². The summed E-state index contributed by atoms with van der Waals surface area (Å²) in [7, 11) is 1.56. The predicted octanol–water partition coefficient (Wildman–Crippen LogP) is 4.55. The number of allylic oxidation sites excluding steroid dienone is 1. The average Bonchev–Trinajstić information content (AvgIpc) is 3.57. The molecule has 0 fully saturated rings. The van der Waals surface area contributed by atoms with Gasteiger partial charge in [-0.2, -0.15) is 0 Å². The fourth-order valence-corrected chi connectivity index (χ4v) is 5.74. The van der Waals surface area contributed by atoms with Crippen molar-refractivity contribution in [2.45, 2.75) is 32.7 Å². The van der Waals surface area contributed by atoms with Crippen LogP contribution in [0.2, 0.25) is 0 Å². The van der Waals surface area contributed by atoms with Gasteiger partial charge in [0.2, 0.25) is 0 Å². The van der Waals surface area contributed by atoms with Gasteiger partial charge in [-0.3, -0.25) is 9.36 Å². The van der Waals surface area contributed by atoms with Crippen molar-refractivity contribution in [1.29, 1.82) is 0 Å². The SMILES string of the molecule is CCCC1=C(C(=O)OCC)C(c2cccc(OC)c2)n2c(s/c(=C\c3ccc(-c4ccc(C(=O)O)cc4)o3)c2=O)=N1. The van der Waals surface area contributed by atoms with Crippen molar-refractivity contribution in [2.75, 3.05) is 13.7 Å². The Morgan fingerprint density at radius 2 is 1.90 bits per heavy atom. The van der Waals surface area contributed by atoms with Gasteiger partial charge >= 0.3 is 11.9 Å². The van der Waals surface area contributed by atoms with Crippen LogP contribution >= 0.6 is 11.3 Å². The van der Waals surface area contributed by atoms with Gasteiger partial charge in [-0.25, -0.2) is 14.6 Å². The summed E-state index contributed by atoms with van der Waals surface area (Å²) in [5.74, 6) is 0.0641. The van der Waals surface area contributed by atoms with Crippen LogP contribution in [-0.4, -0.2) is 35.3 Å². The molecule has 1 unspecified atom stereocenters. The second kappa shape index (κ2) is 11.8. The average molecular weight is 573 g/mol. The first-order valence-electron chi connectivity index (χ1n) is 13.1. The molecule has 0 spiro atoms. The van der Waals surface area contributed by atoms with Crippen LogP contribution < -0.4 is 19.6 Å². The van der Waals surface area contributed by atoms with E-state index in [0.717, 1.165) is 6.42 Å². The number of fused-ring (bicyclic) bond motifs is 1. The van der Waals surface area contributed by atoms with E-state index in [1.165, 1.54) is 28.0 Å². The summed E-state index contributed by atoms with van der Waals surface area (Å²) < 4.78 is 18.8. The minimum atomic E-state index is -1.01. The number of carbonyl (C=O) groups is 2. The number of aromatic nitrogens is 1. The number of hydrogen-bond acceptors (Lipinski definition) is 8. The number of nitrogens with zero attached hydrogens (tertiary/aromatic N) is 2. The highest BCUT2D eigenvalue weighted by Gasteiger charge is 2.34. The summed E-state index contributed by atoms with van der Waals surface area (Å²) in [6.45, 7) is 3.94. The smallest absolute Gasteiger partial charge is 0.338 e. The van der Waals surface area contributed by atoms with Crippen molar-refractivity contribution >= 4 is 29.4 Å². The zero-order valence-corrected chi connectivity index (χ0v) is 23.6. The highest BCUT2D eigenvalue weighted by Crippen LogP contribution is 2.34. The highest BCUT2D eigenvalue weighted by atomic mass is 32.1. The van der Waals surface area contributed by atoms with E-state index in [1.54, 1.807) is 50.4 Å². The molecule has 1 aliphatic heterocycles. The van der Waals surface area contributed by atoms with Crippen molar-refractivity contribution in [3.8, 4) is 17.1 Å². The Morgan fingerprint density at radius 3 is 2.59 bits per heavy atom. The van der Waals surface area contributed by atoms with Gasteiger partial charge in [-0.15, -0.1) is 0 Å². The first-order chi connectivity index (χ1) is 19.8. The standard InChI is InChI=1S/C31H28N2O7S/c1-4-7-23-26(30(37)39-5-2)27(20-8-6-9-21(16-20)38-3)33-28(34)25(41-31(33)32-23)17-22-14-15-24(40-22)18-10-12-19(13-11-18)29(35)36/h6,8-17,27H,4-5,7H2,1-3H3,(H,35,36)/b25-17-. The number of esters is 1. The number of carbonyl (C=O) groups excluding carboxylic acids is 1. The number of ether oxygens (including phenoxy) is 2. The molecule has 0 bridgehead atoms. The lowest BCUT2D eigenvalue weighted by Gasteiger charge is -2.26. The Bertz CT molecular complexity index is 1830. The summed E-state index contributed by atoms with van der Waals surface area (Å²) in [6, 6.07) is 16.4. The number of carboxylic acids is 1. The van der Waals surface area contributed by atoms with Crippen LogP contribution in [0.4, 0.5) is 0 Å². The first-order valence-corrected chi connectivity index (χ1v) is 14.0. The largest absolute Gasteiger partial charge is 0.497 e. The van der Waals surface area contributed by atoms with Crippen molar-refractivity contribution in [3.05, 3.63) is 109 Å². The third-order valence-corrected chi connectivity index (χ3v) is 7.60. The van der Waals surface area contributed by atoms with Crippen molar-refractivity contribution < 1.29 is 28.6 Å². The molecule has 4 aromatic rings. The van der Waals surface area contributed by atoms with E-state index in [-0.39, 0.29) is 17.7 Å². The first kappa shape index (κ1) is 27.9. The molecule has 1 N–H and O–H groups in total. The quantitative estimate of drug-likeness (QED) is 0.292. The molecule has 41 heavy (non-hydrogen) atoms. The molecule has 10 heteroatoms. The molecule has 0 amide bonds. The normalized spacial score (nSPS) is 14.9. The van der Waals surface area contributed by atoms with Crippen molar-refractivity contribution in [2.24, 2.45) is 4.99 Å². The number of aromatic carboxylic acids is 1. The molecule has 3 heterocycles. The van der Waals surface area contributed by atoms with E-state index in [0.29, 0.717) is 55.4 Å². The molecule has 0 saturated heterocycles. The summed E-state index contributed by atoms with van der Waals surface area (Å²) in [5.41, 5.74) is 2.20. The Hall–Kier alpha value is -4.70. The summed E-state index contributed by atoms with van der Waals surface area (Å²) in [6.07, 6.45) is 2.95. The number of methoxy groups -OCH3 is 1. The zero-order valence-electron chi connectivity index (χ0n) is 22.7. The van der Waals surface area contributed by atoms with E-state index in [4.69, 9.17) is 24.0 Å². The van der Waals surface area contributed by atoms with Crippen molar-refractivity contribution in [1.82, 2.24) is 4.57 Å². The van der Waals surface area contributed by atoms with Crippen LogP contribution in [0.5, 0.6) is 5.75 Å². The third kappa shape index (κ3) is 5.51. The lowest BCUT2D eigenvalue weighted by Crippen LogP contribution is -2.40. The molecule has 1 atom stereocenters. The van der Waals surface area contributed by atoms with E-state index in [2.05, 4.69) is 0 Å². The maximum absolute atomic E-state index is 13.9. The van der Waals surface area contributed by atoms with E-state index in [1.807, 2.05) is 25.1 Å². The van der Waals surface area contributed by atoms with Gasteiger partial charge in [-0.05, 0) is 55.3 Å². The second-order valence-electron chi connectivity index (χ2n) is 9.27. The number of hydrogen-bond donors (Lipinski definition) is 1. The molecular weight excluding hydrogens is 544 g/mol. The monoisotopic (exact) mass is 572 g/mol. The van der Waals surface area contributed by atoms with Crippen LogP contribution in [0.3, 0.4) is 0 Å². The molecule has 2 aromatic heterocycles. The highest BCUT2D eigenvalue weighted by molar-refractivity contribution is 7.07. The molecule has 9 nitrogen and oxygen atoms in total. The third-order valence-electron chi connectivity index (χ3n) is 6.62. The van der Waals surface area contributed by atoms with Gasteiger partial charge < -0.3 is 19.0 Å². The molecule has 2 aromatic carbocycles. The van der Waals surface area contributed by atoms with Gasteiger partial charge in [0.05, 0.1) is 41.1 Å². The Balaban J connectivity index is 1.64. The lowest BCUT2D eigenvalue weighted by molar-refractivity contribution is -0.139. The zero-order chi connectivity index (χ0) is 29.1. The van der Waals surface area contributed by atoms with E-state index < -0.39 is 18.0 Å². The summed E-state index contributed by atoms with van der Waals surface area (Å²) in [5, 5.41) is 9.15. The van der Waals surface area contributed by atoms with E-state index in [9.17, 15) is 14.4 Å². The van der Waals surface area contributed by atoms with Crippen LogP contribution in [0, 0.1) is 0 Å². The minimum absolute atomic E-state index is 0.178. The van der Waals surface area contributed by atoms with Gasteiger partial charge in [0.1, 0.15) is 17.3 Å². The molecule has 210 valence electrons. The predicted molar refractivity (Wildman–Crippen MR) is 154 cm³/mol. The Kier molecular flexibility index (Phi) is 8.02. The summed E-state index contributed by atoms with van der Waals surface area (Å²) in [4.78, 5) is 43.6. The topological polar surface area (TPSA) is 120 Å². The lowest BCUT2D eigenvalue weighted by atomic mass is 9.94. The number of carboxylic acid groups (broad SMARTS) is 1. The van der Waals surface area contributed by atoms with Crippen LogP contribution in [-0.2, 0) is 9.53 Å². The minimum Gasteiger partial charge on any atom is -0.497 e. The number of furan rings is 1. The second-order valence-corrected chi connectivity index (χ2v) is 10.3. The Morgan fingerprint density at radius 1 is 1.12 bits per heavy atom. The number of benzene rings is 2. The summed E-state index contributed by atoms with van der Waals surface area (Å²) >= 11 is 1.22. The number of rotatable bonds is 9. The maximum Gasteiger partial charge on any atom is 0.338 e. The molecular formula is C31H28N2O7S. The molecule has 0 saturated carbocycles.